The van der Waals surface area contributed by atoms with Crippen LogP contribution in [0.15, 0.2) is 26.0 Å². The number of halogens is 2. The number of nitrogens with one attached hydrogen (secondary N) is 1. The minimum Gasteiger partial charge on any atom is -0.398 e. The fourth-order valence-electron chi connectivity index (χ4n) is 1.58. The van der Waals surface area contributed by atoms with Gasteiger partial charge in [-0.1, -0.05) is 22.9 Å². The molecule has 8 heteroatoms. The molecule has 0 spiro atoms. The molecule has 1 aromatic carbocycles. The first kappa shape index (κ1) is 17.3. The highest BCUT2D eigenvalue weighted by molar-refractivity contribution is 9.11. The lowest BCUT2D eigenvalue weighted by molar-refractivity contribution is 0.558. The number of benzene rings is 1. The third-order valence-corrected chi connectivity index (χ3v) is 6.21. The minimum atomic E-state index is -3.63. The summed E-state index contributed by atoms with van der Waals surface area (Å²) in [7, 11) is -3.63. The number of sulfonamides is 1. The third kappa shape index (κ3) is 4.63. The number of anilines is 1. The summed E-state index contributed by atoms with van der Waals surface area (Å²) in [6.45, 7) is 1.95. The van der Waals surface area contributed by atoms with E-state index in [9.17, 15) is 8.42 Å². The first-order valence-corrected chi connectivity index (χ1v) is 10.0. The van der Waals surface area contributed by atoms with Crippen molar-refractivity contribution in [3.63, 3.8) is 0 Å². The Morgan fingerprint density at radius 3 is 2.53 bits per heavy atom. The van der Waals surface area contributed by atoms with Crippen LogP contribution >= 0.6 is 43.6 Å². The van der Waals surface area contributed by atoms with E-state index in [2.05, 4.69) is 36.6 Å². The number of hydrogen-bond acceptors (Lipinski definition) is 4. The molecule has 0 radical (unpaired) electrons. The Morgan fingerprint density at radius 2 is 2.05 bits per heavy atom. The lowest BCUT2D eigenvalue weighted by Crippen LogP contribution is -2.36. The van der Waals surface area contributed by atoms with Gasteiger partial charge in [-0.25, -0.2) is 13.1 Å². The van der Waals surface area contributed by atoms with Crippen LogP contribution in [0.5, 0.6) is 0 Å². The Morgan fingerprint density at radius 1 is 1.42 bits per heavy atom. The van der Waals surface area contributed by atoms with Crippen molar-refractivity contribution in [1.82, 2.24) is 4.72 Å². The molecule has 3 N–H and O–H groups in total. The molecule has 0 aliphatic carbocycles. The second kappa shape index (κ2) is 7.31. The third-order valence-electron chi connectivity index (χ3n) is 2.49. The zero-order valence-electron chi connectivity index (χ0n) is 10.6. The fraction of sp³-hybridized carbons (Fsp3) is 0.455. The second-order valence-corrected chi connectivity index (χ2v) is 8.32. The van der Waals surface area contributed by atoms with Crippen molar-refractivity contribution >= 4 is 59.3 Å². The summed E-state index contributed by atoms with van der Waals surface area (Å²) < 4.78 is 28.6. The zero-order valence-corrected chi connectivity index (χ0v) is 15.4. The molecule has 1 rings (SSSR count). The van der Waals surface area contributed by atoms with Crippen LogP contribution in [0.2, 0.25) is 0 Å². The van der Waals surface area contributed by atoms with Crippen LogP contribution < -0.4 is 10.5 Å². The van der Waals surface area contributed by atoms with Crippen molar-refractivity contribution in [1.29, 1.82) is 0 Å². The summed E-state index contributed by atoms with van der Waals surface area (Å²) in [5.41, 5.74) is 6.03. The van der Waals surface area contributed by atoms with Gasteiger partial charge in [0.05, 0.1) is 5.69 Å². The van der Waals surface area contributed by atoms with Crippen LogP contribution in [0.1, 0.15) is 13.3 Å². The van der Waals surface area contributed by atoms with Gasteiger partial charge in [-0.3, -0.25) is 0 Å². The van der Waals surface area contributed by atoms with Crippen LogP contribution in [0.3, 0.4) is 0 Å². The summed E-state index contributed by atoms with van der Waals surface area (Å²) in [6, 6.07) is 3.14. The van der Waals surface area contributed by atoms with E-state index in [1.54, 1.807) is 23.9 Å². The molecule has 0 aliphatic heterocycles. The average molecular weight is 432 g/mol. The first-order valence-electron chi connectivity index (χ1n) is 5.57. The molecule has 1 atom stereocenters. The van der Waals surface area contributed by atoms with E-state index in [-0.39, 0.29) is 16.6 Å². The first-order chi connectivity index (χ1) is 8.81. The Bertz CT molecular complexity index is 527. The van der Waals surface area contributed by atoms with Gasteiger partial charge in [-0.15, -0.1) is 0 Å². The number of rotatable bonds is 6. The quantitative estimate of drug-likeness (QED) is 0.678. The highest BCUT2D eigenvalue weighted by Crippen LogP contribution is 2.31. The van der Waals surface area contributed by atoms with Crippen LogP contribution in [0.25, 0.3) is 0 Å². The molecule has 19 heavy (non-hydrogen) atoms. The van der Waals surface area contributed by atoms with E-state index < -0.39 is 10.0 Å². The molecule has 4 nitrogen and oxygen atoms in total. The van der Waals surface area contributed by atoms with Crippen molar-refractivity contribution in [3.05, 3.63) is 21.1 Å². The molecule has 1 aromatic rings. The highest BCUT2D eigenvalue weighted by atomic mass is 79.9. The van der Waals surface area contributed by atoms with E-state index >= 15 is 0 Å². The van der Waals surface area contributed by atoms with E-state index in [1.807, 2.05) is 13.2 Å². The Kier molecular flexibility index (Phi) is 6.65. The fourth-order valence-corrected chi connectivity index (χ4v) is 5.79. The number of nitrogen functional groups attached to an aromatic ring is 1. The normalized spacial score (nSPS) is 13.5. The van der Waals surface area contributed by atoms with Crippen molar-refractivity contribution in [2.75, 3.05) is 17.7 Å². The summed E-state index contributed by atoms with van der Waals surface area (Å²) in [4.78, 5) is 0.0928. The SMILES string of the molecule is CCC(CSC)NS(=O)(=O)c1c(N)cc(Br)cc1Br. The summed E-state index contributed by atoms with van der Waals surface area (Å²) in [5.74, 6) is 0.726. The summed E-state index contributed by atoms with van der Waals surface area (Å²) in [5, 5.41) is 0. The van der Waals surface area contributed by atoms with Crippen LogP contribution in [-0.2, 0) is 10.0 Å². The maximum atomic E-state index is 12.4. The maximum absolute atomic E-state index is 12.4. The van der Waals surface area contributed by atoms with Crippen LogP contribution in [0.4, 0.5) is 5.69 Å². The van der Waals surface area contributed by atoms with Crippen LogP contribution in [-0.4, -0.2) is 26.5 Å². The second-order valence-electron chi connectivity index (χ2n) is 3.99. The summed E-state index contributed by atoms with van der Waals surface area (Å²) in [6.07, 6.45) is 2.68. The van der Waals surface area contributed by atoms with Gasteiger partial charge in [-0.2, -0.15) is 11.8 Å². The predicted molar refractivity (Wildman–Crippen MR) is 89.0 cm³/mol. The minimum absolute atomic E-state index is 0.0928. The molecule has 0 aromatic heterocycles. The number of thioether (sulfide) groups is 1. The van der Waals surface area contributed by atoms with Gasteiger partial charge in [0.15, 0.2) is 0 Å². The lowest BCUT2D eigenvalue weighted by Gasteiger charge is -2.17. The lowest BCUT2D eigenvalue weighted by atomic mass is 10.3. The molecule has 0 amide bonds. The van der Waals surface area contributed by atoms with Gasteiger partial charge in [0.1, 0.15) is 4.90 Å². The van der Waals surface area contributed by atoms with Crippen molar-refractivity contribution in [3.8, 4) is 0 Å². The number of nitrogens with two attached hydrogens (primary N) is 1. The molecule has 0 saturated carbocycles. The van der Waals surface area contributed by atoms with Gasteiger partial charge in [0, 0.05) is 20.7 Å². The van der Waals surface area contributed by atoms with E-state index in [1.165, 1.54) is 0 Å². The van der Waals surface area contributed by atoms with E-state index in [0.717, 1.165) is 16.6 Å². The van der Waals surface area contributed by atoms with Gasteiger partial charge in [0.2, 0.25) is 10.0 Å². The molecule has 0 fully saturated rings. The van der Waals surface area contributed by atoms with E-state index in [0.29, 0.717) is 4.47 Å². The largest absolute Gasteiger partial charge is 0.398 e. The van der Waals surface area contributed by atoms with Gasteiger partial charge in [-0.05, 0) is 40.7 Å². The molecular weight excluding hydrogens is 416 g/mol. The van der Waals surface area contributed by atoms with E-state index in [4.69, 9.17) is 5.73 Å². The molecule has 0 aliphatic rings. The summed E-state index contributed by atoms with van der Waals surface area (Å²) >= 11 is 8.13. The average Bonchev–Trinajstić information content (AvgIpc) is 2.25. The van der Waals surface area contributed by atoms with Crippen molar-refractivity contribution in [2.24, 2.45) is 0 Å². The topological polar surface area (TPSA) is 72.2 Å². The molecule has 0 bridgehead atoms. The standard InChI is InChI=1S/C11H16Br2N2O2S2/c1-3-8(6-18-2)15-19(16,17)11-9(13)4-7(12)5-10(11)14/h4-5,8,15H,3,6,14H2,1-2H3. The zero-order chi connectivity index (χ0) is 14.6. The number of hydrogen-bond donors (Lipinski definition) is 2. The van der Waals surface area contributed by atoms with Gasteiger partial charge in [0.25, 0.3) is 0 Å². The molecule has 108 valence electrons. The highest BCUT2D eigenvalue weighted by Gasteiger charge is 2.24. The van der Waals surface area contributed by atoms with Gasteiger partial charge < -0.3 is 5.73 Å². The smallest absolute Gasteiger partial charge is 0.244 e. The molecule has 0 saturated heterocycles. The van der Waals surface area contributed by atoms with Crippen molar-refractivity contribution < 1.29 is 8.42 Å². The maximum Gasteiger partial charge on any atom is 0.244 e. The Balaban J connectivity index is 3.14. The van der Waals surface area contributed by atoms with Gasteiger partial charge >= 0.3 is 0 Å². The van der Waals surface area contributed by atoms with Crippen molar-refractivity contribution in [2.45, 2.75) is 24.3 Å². The predicted octanol–water partition coefficient (Wildman–Crippen LogP) is 3.21. The molecular formula is C11H16Br2N2O2S2. The molecule has 1 unspecified atom stereocenters. The monoisotopic (exact) mass is 430 g/mol. The Labute approximate surface area is 135 Å². The molecule has 0 heterocycles. The van der Waals surface area contributed by atoms with Crippen LogP contribution in [0, 0.1) is 0 Å². The Hall–Kier alpha value is 0.240.